The first-order valence-electron chi connectivity index (χ1n) is 18.5. The smallest absolute Gasteiger partial charge is 0.0874 e. The van der Waals surface area contributed by atoms with E-state index in [-0.39, 0.29) is 6.71 Å². The van der Waals surface area contributed by atoms with Crippen LogP contribution in [0, 0.1) is 13.8 Å². The number of fused-ring (bicyclic) bond motifs is 3. The summed E-state index contributed by atoms with van der Waals surface area (Å²) < 4.78 is 0. The van der Waals surface area contributed by atoms with Gasteiger partial charge in [0.15, 0.2) is 0 Å². The van der Waals surface area contributed by atoms with Crippen LogP contribution < -0.4 is 16.4 Å². The quantitative estimate of drug-likeness (QED) is 0.112. The van der Waals surface area contributed by atoms with Gasteiger partial charge in [-0.25, -0.2) is 0 Å². The predicted molar refractivity (Wildman–Crippen MR) is 226 cm³/mol. The van der Waals surface area contributed by atoms with Gasteiger partial charge in [-0.15, -0.1) is 0 Å². The van der Waals surface area contributed by atoms with E-state index in [0.717, 1.165) is 6.42 Å². The van der Waals surface area contributed by atoms with E-state index < -0.39 is 0 Å². The second-order valence-electron chi connectivity index (χ2n) is 14.2. The fourth-order valence-electron chi connectivity index (χ4n) is 8.18. The fraction of sp³-hybridized carbons (Fsp3) is 0.0980. The molecule has 0 nitrogen and oxygen atoms in total. The van der Waals surface area contributed by atoms with E-state index in [1.807, 2.05) is 0 Å². The molecule has 0 unspecified atom stereocenters. The highest BCUT2D eigenvalue weighted by Gasteiger charge is 2.24. The molecular weight excluding hydrogens is 623 g/mol. The Kier molecular flexibility index (Phi) is 9.19. The third-order valence-corrected chi connectivity index (χ3v) is 10.7. The molecule has 7 aromatic carbocycles. The normalized spacial score (nSPS) is 12.4. The van der Waals surface area contributed by atoms with Gasteiger partial charge in [-0.3, -0.25) is 0 Å². The van der Waals surface area contributed by atoms with Crippen LogP contribution in [0.5, 0.6) is 0 Å². The van der Waals surface area contributed by atoms with Crippen LogP contribution in [0.1, 0.15) is 47.2 Å². The Labute approximate surface area is 309 Å². The zero-order chi connectivity index (χ0) is 35.6. The highest BCUT2D eigenvalue weighted by Crippen LogP contribution is 2.41. The standard InChI is InChI=1S/C51H43B/c1-5-13-37(4)51(40-15-7-6-8-16-40)49-33-41(23-22-36(49)3)38-24-28-43(29-25-38)52(45-18-11-14-35(2)32-45)44-30-26-39(27-31-44)46-20-12-21-48-47-19-10-9-17-42(47)34-50(46)48/h5-33H,34H2,1-4H3/b13-5-,51-37+. The van der Waals surface area contributed by atoms with E-state index in [0.29, 0.717) is 0 Å². The maximum atomic E-state index is 2.37. The summed E-state index contributed by atoms with van der Waals surface area (Å²) in [5, 5.41) is 0. The van der Waals surface area contributed by atoms with Gasteiger partial charge in [-0.1, -0.05) is 192 Å². The molecule has 1 aliphatic carbocycles. The van der Waals surface area contributed by atoms with Crippen LogP contribution >= 0.6 is 0 Å². The monoisotopic (exact) mass is 666 g/mol. The molecule has 1 heteroatoms. The Morgan fingerprint density at radius 3 is 1.90 bits per heavy atom. The van der Waals surface area contributed by atoms with Crippen molar-refractivity contribution in [2.45, 2.75) is 34.1 Å². The first-order valence-corrected chi connectivity index (χ1v) is 18.5. The maximum absolute atomic E-state index is 2.37. The first-order chi connectivity index (χ1) is 25.5. The average molecular weight is 667 g/mol. The van der Waals surface area contributed by atoms with E-state index in [2.05, 4.69) is 204 Å². The molecule has 52 heavy (non-hydrogen) atoms. The Morgan fingerprint density at radius 2 is 1.17 bits per heavy atom. The Morgan fingerprint density at radius 1 is 0.538 bits per heavy atom. The van der Waals surface area contributed by atoms with E-state index in [9.17, 15) is 0 Å². The summed E-state index contributed by atoms with van der Waals surface area (Å²) in [5.41, 5.74) is 22.2. The van der Waals surface area contributed by atoms with Crippen LogP contribution in [0.3, 0.4) is 0 Å². The molecule has 250 valence electrons. The lowest BCUT2D eigenvalue weighted by molar-refractivity contribution is 1.26. The molecule has 0 saturated heterocycles. The number of benzene rings is 7. The van der Waals surface area contributed by atoms with E-state index >= 15 is 0 Å². The summed E-state index contributed by atoms with van der Waals surface area (Å²) in [6.45, 7) is 8.83. The second kappa shape index (κ2) is 14.4. The second-order valence-corrected chi connectivity index (χ2v) is 14.2. The number of aryl methyl sites for hydroxylation is 2. The van der Waals surface area contributed by atoms with Crippen molar-refractivity contribution in [2.75, 3.05) is 0 Å². The minimum absolute atomic E-state index is 0.124. The zero-order valence-corrected chi connectivity index (χ0v) is 30.5. The highest BCUT2D eigenvalue weighted by atomic mass is 14.2. The third-order valence-electron chi connectivity index (χ3n) is 10.7. The lowest BCUT2D eigenvalue weighted by Gasteiger charge is -2.18. The van der Waals surface area contributed by atoms with Crippen LogP contribution in [-0.4, -0.2) is 6.71 Å². The number of rotatable bonds is 8. The molecule has 7 aromatic rings. The summed E-state index contributed by atoms with van der Waals surface area (Å²) in [6.07, 6.45) is 5.33. The van der Waals surface area contributed by atoms with Gasteiger partial charge in [0.1, 0.15) is 0 Å². The Balaban J connectivity index is 1.15. The first kappa shape index (κ1) is 33.2. The van der Waals surface area contributed by atoms with Gasteiger partial charge in [0.2, 0.25) is 6.71 Å². The van der Waals surface area contributed by atoms with Crippen LogP contribution in [0.15, 0.2) is 182 Å². The molecule has 0 saturated carbocycles. The van der Waals surface area contributed by atoms with E-state index in [4.69, 9.17) is 0 Å². The summed E-state index contributed by atoms with van der Waals surface area (Å²) in [6, 6.07) is 60.9. The van der Waals surface area contributed by atoms with Crippen LogP contribution in [0.2, 0.25) is 0 Å². The molecule has 0 amide bonds. The molecule has 0 N–H and O–H groups in total. The Hall–Kier alpha value is -5.92. The van der Waals surface area contributed by atoms with Gasteiger partial charge in [-0.2, -0.15) is 0 Å². The molecule has 0 radical (unpaired) electrons. The van der Waals surface area contributed by atoms with Crippen molar-refractivity contribution >= 4 is 28.7 Å². The Bertz CT molecular complexity index is 2440. The van der Waals surface area contributed by atoms with Crippen LogP contribution in [0.4, 0.5) is 0 Å². The third kappa shape index (κ3) is 6.40. The zero-order valence-electron chi connectivity index (χ0n) is 30.5. The van der Waals surface area contributed by atoms with Gasteiger partial charge in [0.05, 0.1) is 0 Å². The molecular formula is C51H43B. The van der Waals surface area contributed by atoms with Crippen LogP contribution in [0.25, 0.3) is 39.0 Å². The summed E-state index contributed by atoms with van der Waals surface area (Å²) in [7, 11) is 0. The highest BCUT2D eigenvalue weighted by molar-refractivity contribution is 6.95. The fourth-order valence-corrected chi connectivity index (χ4v) is 8.18. The molecule has 8 rings (SSSR count). The molecule has 0 aromatic heterocycles. The van der Waals surface area contributed by atoms with Crippen molar-refractivity contribution in [2.24, 2.45) is 0 Å². The van der Waals surface area contributed by atoms with E-state index in [1.165, 1.54) is 94.3 Å². The molecule has 0 aliphatic heterocycles. The van der Waals surface area contributed by atoms with Gasteiger partial charge < -0.3 is 0 Å². The van der Waals surface area contributed by atoms with Crippen LogP contribution in [-0.2, 0) is 6.42 Å². The lowest BCUT2D eigenvalue weighted by Crippen LogP contribution is -2.52. The van der Waals surface area contributed by atoms with Crippen molar-refractivity contribution in [3.63, 3.8) is 0 Å². The van der Waals surface area contributed by atoms with Crippen molar-refractivity contribution in [1.82, 2.24) is 0 Å². The molecule has 1 aliphatic rings. The molecule has 0 atom stereocenters. The largest absolute Gasteiger partial charge is 0.241 e. The average Bonchev–Trinajstić information content (AvgIpc) is 3.56. The predicted octanol–water partition coefficient (Wildman–Crippen LogP) is 11.1. The molecule has 0 bridgehead atoms. The number of hydrogen-bond acceptors (Lipinski definition) is 0. The summed E-state index contributed by atoms with van der Waals surface area (Å²) in [4.78, 5) is 0. The topological polar surface area (TPSA) is 0 Å². The minimum Gasteiger partial charge on any atom is -0.0874 e. The molecule has 0 heterocycles. The van der Waals surface area contributed by atoms with Crippen molar-refractivity contribution in [3.05, 3.63) is 215 Å². The summed E-state index contributed by atoms with van der Waals surface area (Å²) in [5.74, 6) is 0. The minimum atomic E-state index is 0.124. The van der Waals surface area contributed by atoms with Gasteiger partial charge in [0, 0.05) is 0 Å². The van der Waals surface area contributed by atoms with Crippen molar-refractivity contribution in [1.29, 1.82) is 0 Å². The molecule has 0 fully saturated rings. The number of allylic oxidation sites excluding steroid dienone is 3. The molecule has 0 spiro atoms. The number of hydrogen-bond donors (Lipinski definition) is 0. The van der Waals surface area contributed by atoms with Gasteiger partial charge >= 0.3 is 0 Å². The van der Waals surface area contributed by atoms with Gasteiger partial charge in [0.25, 0.3) is 0 Å². The van der Waals surface area contributed by atoms with Gasteiger partial charge in [-0.05, 0) is 113 Å². The SMILES string of the molecule is C/C=C\C(C)=C(/c1ccccc1)c1cc(-c2ccc(B(c3ccc(-c4cccc5c4Cc4ccccc4-5)cc3)c3cccc(C)c3)cc2)ccc1C. The summed E-state index contributed by atoms with van der Waals surface area (Å²) >= 11 is 0. The van der Waals surface area contributed by atoms with E-state index in [1.54, 1.807) is 0 Å². The lowest BCUT2D eigenvalue weighted by atomic mass is 9.36. The van der Waals surface area contributed by atoms with Crippen molar-refractivity contribution in [3.8, 4) is 33.4 Å². The maximum Gasteiger partial charge on any atom is 0.241 e. The van der Waals surface area contributed by atoms with Crippen molar-refractivity contribution < 1.29 is 0 Å².